The van der Waals surface area contributed by atoms with Crippen molar-refractivity contribution in [2.45, 2.75) is 13.3 Å². The van der Waals surface area contributed by atoms with Crippen LogP contribution in [0.2, 0.25) is 0 Å². The predicted molar refractivity (Wildman–Crippen MR) is 64.9 cm³/mol. The second kappa shape index (κ2) is 10.3. The highest BCUT2D eigenvalue weighted by Gasteiger charge is 1.97. The molecule has 0 spiro atoms. The Balaban J connectivity index is 0.000000288. The van der Waals surface area contributed by atoms with Crippen molar-refractivity contribution in [2.75, 3.05) is 20.2 Å². The lowest BCUT2D eigenvalue weighted by Crippen LogP contribution is -2.14. The van der Waals surface area contributed by atoms with Crippen molar-refractivity contribution in [1.82, 2.24) is 5.32 Å². The van der Waals surface area contributed by atoms with Gasteiger partial charge in [-0.15, -0.1) is 0 Å². The molecule has 0 radical (unpaired) electrons. The highest BCUT2D eigenvalue weighted by atomic mass is 32.1. The third-order valence-corrected chi connectivity index (χ3v) is 2.27. The van der Waals surface area contributed by atoms with Crippen molar-refractivity contribution in [3.8, 4) is 0 Å². The van der Waals surface area contributed by atoms with Crippen molar-refractivity contribution < 1.29 is 14.3 Å². The Morgan fingerprint density at radius 1 is 1.62 bits per heavy atom. The lowest BCUT2D eigenvalue weighted by atomic mass is 10.4. The van der Waals surface area contributed by atoms with Gasteiger partial charge in [0.15, 0.2) is 6.29 Å². The number of rotatable bonds is 5. The first-order valence-electron chi connectivity index (χ1n) is 5.02. The van der Waals surface area contributed by atoms with E-state index in [1.165, 1.54) is 11.3 Å². The molecule has 5 heteroatoms. The van der Waals surface area contributed by atoms with Gasteiger partial charge in [0.2, 0.25) is 0 Å². The summed E-state index contributed by atoms with van der Waals surface area (Å²) in [7, 11) is 1.80. The molecule has 1 rings (SSSR count). The summed E-state index contributed by atoms with van der Waals surface area (Å²) >= 11 is 1.53. The molecule has 0 aliphatic carbocycles. The number of ether oxygens (including phenoxy) is 1. The minimum Gasteiger partial charge on any atom is -0.466 e. The van der Waals surface area contributed by atoms with Gasteiger partial charge < -0.3 is 10.1 Å². The highest BCUT2D eigenvalue weighted by Crippen LogP contribution is 2.00. The Morgan fingerprint density at radius 3 is 2.75 bits per heavy atom. The molecule has 0 unspecified atom stereocenters. The second-order valence-electron chi connectivity index (χ2n) is 2.83. The van der Waals surface area contributed by atoms with E-state index in [9.17, 15) is 9.59 Å². The third kappa shape index (κ3) is 8.14. The number of carbonyl (C=O) groups is 2. The fraction of sp³-hybridized carbons (Fsp3) is 0.455. The van der Waals surface area contributed by atoms with Crippen LogP contribution in [-0.4, -0.2) is 32.5 Å². The molecule has 1 heterocycles. The van der Waals surface area contributed by atoms with Crippen LogP contribution in [0.3, 0.4) is 0 Å². The Morgan fingerprint density at radius 2 is 2.38 bits per heavy atom. The molecular weight excluding hydrogens is 226 g/mol. The van der Waals surface area contributed by atoms with Gasteiger partial charge in [-0.3, -0.25) is 9.59 Å². The van der Waals surface area contributed by atoms with Gasteiger partial charge in [-0.1, -0.05) is 0 Å². The van der Waals surface area contributed by atoms with E-state index in [2.05, 4.69) is 10.1 Å². The van der Waals surface area contributed by atoms with E-state index in [1.807, 2.05) is 10.8 Å². The molecule has 0 saturated carbocycles. The van der Waals surface area contributed by atoms with Gasteiger partial charge in [-0.2, -0.15) is 11.3 Å². The van der Waals surface area contributed by atoms with Crippen LogP contribution < -0.4 is 5.32 Å². The summed E-state index contributed by atoms with van der Waals surface area (Å²) in [4.78, 5) is 20.4. The van der Waals surface area contributed by atoms with Crippen molar-refractivity contribution in [2.24, 2.45) is 0 Å². The Hall–Kier alpha value is -1.20. The minimum atomic E-state index is -0.133. The maximum Gasteiger partial charge on any atom is 0.307 e. The van der Waals surface area contributed by atoms with Crippen LogP contribution in [0.1, 0.15) is 23.7 Å². The Labute approximate surface area is 99.6 Å². The molecule has 0 aliphatic rings. The largest absolute Gasteiger partial charge is 0.466 e. The van der Waals surface area contributed by atoms with Gasteiger partial charge in [-0.05, 0) is 25.4 Å². The Bertz CT molecular complexity index is 285. The third-order valence-electron chi connectivity index (χ3n) is 1.56. The van der Waals surface area contributed by atoms with E-state index in [4.69, 9.17) is 0 Å². The van der Waals surface area contributed by atoms with Crippen molar-refractivity contribution >= 4 is 23.6 Å². The van der Waals surface area contributed by atoms with Gasteiger partial charge in [-0.25, -0.2) is 0 Å². The molecule has 90 valence electrons. The molecule has 0 aliphatic heterocycles. The van der Waals surface area contributed by atoms with E-state index in [1.54, 1.807) is 20.0 Å². The summed E-state index contributed by atoms with van der Waals surface area (Å²) in [6.45, 7) is 2.97. The molecule has 1 N–H and O–H groups in total. The van der Waals surface area contributed by atoms with E-state index in [0.29, 0.717) is 19.6 Å². The first-order valence-corrected chi connectivity index (χ1v) is 5.96. The van der Waals surface area contributed by atoms with Crippen molar-refractivity contribution in [3.05, 3.63) is 22.4 Å². The standard InChI is InChI=1S/C6H13NO2.C5H4OS/c1-3-9-6(8)4-5-7-2;6-3-5-1-2-7-4-5/h7H,3-5H2,1-2H3;1-4H. The average molecular weight is 243 g/mol. The summed E-state index contributed by atoms with van der Waals surface area (Å²) < 4.78 is 4.66. The molecule has 0 atom stereocenters. The van der Waals surface area contributed by atoms with Crippen LogP contribution in [0.25, 0.3) is 0 Å². The van der Waals surface area contributed by atoms with E-state index >= 15 is 0 Å². The molecule has 4 nitrogen and oxygen atoms in total. The van der Waals surface area contributed by atoms with Crippen molar-refractivity contribution in [1.29, 1.82) is 0 Å². The predicted octanol–water partition coefficient (Wildman–Crippen LogP) is 1.72. The number of carbonyl (C=O) groups excluding carboxylic acids is 2. The fourth-order valence-electron chi connectivity index (χ4n) is 0.802. The van der Waals surface area contributed by atoms with Crippen LogP contribution in [0.15, 0.2) is 16.8 Å². The molecule has 16 heavy (non-hydrogen) atoms. The molecule has 0 saturated heterocycles. The first kappa shape index (κ1) is 14.8. The number of hydrogen-bond acceptors (Lipinski definition) is 5. The molecular formula is C11H17NO3S. The Kier molecular flexibility index (Phi) is 9.55. The number of esters is 1. The number of thiophene rings is 1. The minimum absolute atomic E-state index is 0.133. The zero-order valence-corrected chi connectivity index (χ0v) is 10.4. The number of hydrogen-bond donors (Lipinski definition) is 1. The quantitative estimate of drug-likeness (QED) is 0.632. The van der Waals surface area contributed by atoms with Crippen LogP contribution in [-0.2, 0) is 9.53 Å². The van der Waals surface area contributed by atoms with Gasteiger partial charge >= 0.3 is 5.97 Å². The summed E-state index contributed by atoms with van der Waals surface area (Å²) in [6, 6.07) is 1.79. The zero-order valence-electron chi connectivity index (χ0n) is 9.56. The van der Waals surface area contributed by atoms with E-state index in [-0.39, 0.29) is 5.97 Å². The second-order valence-corrected chi connectivity index (χ2v) is 3.61. The van der Waals surface area contributed by atoms with Crippen LogP contribution in [0.4, 0.5) is 0 Å². The summed E-state index contributed by atoms with van der Waals surface area (Å²) in [5.74, 6) is -0.133. The lowest BCUT2D eigenvalue weighted by molar-refractivity contribution is -0.142. The van der Waals surface area contributed by atoms with E-state index < -0.39 is 0 Å². The number of nitrogens with one attached hydrogen (secondary N) is 1. The van der Waals surface area contributed by atoms with Gasteiger partial charge in [0.05, 0.1) is 13.0 Å². The van der Waals surface area contributed by atoms with Gasteiger partial charge in [0.25, 0.3) is 0 Å². The lowest BCUT2D eigenvalue weighted by Gasteiger charge is -1.98. The molecule has 0 aromatic carbocycles. The summed E-state index contributed by atoms with van der Waals surface area (Å²) in [6.07, 6.45) is 1.31. The van der Waals surface area contributed by atoms with Crippen LogP contribution in [0.5, 0.6) is 0 Å². The molecule has 0 bridgehead atoms. The van der Waals surface area contributed by atoms with Gasteiger partial charge in [0, 0.05) is 17.5 Å². The van der Waals surface area contributed by atoms with Crippen LogP contribution >= 0.6 is 11.3 Å². The number of aldehydes is 1. The van der Waals surface area contributed by atoms with Crippen molar-refractivity contribution in [3.63, 3.8) is 0 Å². The maximum absolute atomic E-state index is 10.5. The molecule has 0 amide bonds. The maximum atomic E-state index is 10.5. The highest BCUT2D eigenvalue weighted by molar-refractivity contribution is 7.08. The summed E-state index contributed by atoms with van der Waals surface area (Å²) in [5, 5.41) is 6.55. The fourth-order valence-corrected chi connectivity index (χ4v) is 1.41. The molecule has 1 aromatic rings. The molecule has 1 aromatic heterocycles. The zero-order chi connectivity index (χ0) is 12.2. The SMILES string of the molecule is CCOC(=O)CCNC.O=Cc1ccsc1. The van der Waals surface area contributed by atoms with Gasteiger partial charge in [0.1, 0.15) is 0 Å². The van der Waals surface area contributed by atoms with E-state index in [0.717, 1.165) is 11.8 Å². The summed E-state index contributed by atoms with van der Waals surface area (Å²) in [5.41, 5.74) is 0.769. The monoisotopic (exact) mass is 243 g/mol. The normalized spacial score (nSPS) is 8.88. The van der Waals surface area contributed by atoms with Crippen LogP contribution in [0, 0.1) is 0 Å². The average Bonchev–Trinajstić information content (AvgIpc) is 2.80. The first-order chi connectivity index (χ1) is 7.74. The smallest absolute Gasteiger partial charge is 0.307 e. The topological polar surface area (TPSA) is 55.4 Å². The molecule has 0 fully saturated rings.